The Hall–Kier alpha value is -1.83. The van der Waals surface area contributed by atoms with Crippen molar-refractivity contribution in [1.82, 2.24) is 0 Å². The standard InChI is InChI=1S/C16H20FN3O3/c17-12-1-3-13(4-2-12)20-15(22)11-14(16(20)23)19-7-5-18(6-8-19)9-10-21/h1-4,14,21H,5-11H2/p+2/t14-/m0/s1. The first-order valence-electron chi connectivity index (χ1n) is 8.01. The van der Waals surface area contributed by atoms with E-state index in [1.165, 1.54) is 34.1 Å². The maximum absolute atomic E-state index is 13.0. The molecular formula is C16H22FN3O3+2. The van der Waals surface area contributed by atoms with Crippen molar-refractivity contribution in [1.29, 1.82) is 0 Å². The van der Waals surface area contributed by atoms with Crippen LogP contribution in [0, 0.1) is 5.82 Å². The lowest BCUT2D eigenvalue weighted by atomic mass is 10.1. The Labute approximate surface area is 134 Å². The smallest absolute Gasteiger partial charge is 0.292 e. The van der Waals surface area contributed by atoms with Gasteiger partial charge in [-0.1, -0.05) is 0 Å². The van der Waals surface area contributed by atoms with E-state index >= 15 is 0 Å². The molecular weight excluding hydrogens is 301 g/mol. The summed E-state index contributed by atoms with van der Waals surface area (Å²) in [6.07, 6.45) is 0.209. The van der Waals surface area contributed by atoms with Gasteiger partial charge in [-0.2, -0.15) is 0 Å². The van der Waals surface area contributed by atoms with E-state index in [1.54, 1.807) is 0 Å². The van der Waals surface area contributed by atoms with Crippen molar-refractivity contribution in [2.24, 2.45) is 0 Å². The van der Waals surface area contributed by atoms with Crippen LogP contribution < -0.4 is 14.7 Å². The van der Waals surface area contributed by atoms with Gasteiger partial charge in [-0.25, -0.2) is 9.29 Å². The predicted molar refractivity (Wildman–Crippen MR) is 80.6 cm³/mol. The normalized spacial score (nSPS) is 28.4. The Morgan fingerprint density at radius 1 is 1.13 bits per heavy atom. The van der Waals surface area contributed by atoms with Crippen LogP contribution in [0.5, 0.6) is 0 Å². The van der Waals surface area contributed by atoms with E-state index in [4.69, 9.17) is 5.11 Å². The van der Waals surface area contributed by atoms with Crippen LogP contribution in [-0.4, -0.2) is 62.3 Å². The highest BCUT2D eigenvalue weighted by Crippen LogP contribution is 2.22. The van der Waals surface area contributed by atoms with E-state index in [0.717, 1.165) is 37.6 Å². The van der Waals surface area contributed by atoms with Gasteiger partial charge in [0.05, 0.1) is 18.7 Å². The van der Waals surface area contributed by atoms with E-state index in [1.807, 2.05) is 0 Å². The largest absolute Gasteiger partial charge is 0.391 e. The minimum Gasteiger partial charge on any atom is -0.391 e. The van der Waals surface area contributed by atoms with Gasteiger partial charge in [-0.15, -0.1) is 0 Å². The summed E-state index contributed by atoms with van der Waals surface area (Å²) in [5.74, 6) is -0.801. The van der Waals surface area contributed by atoms with Crippen molar-refractivity contribution in [3.63, 3.8) is 0 Å². The molecule has 1 aromatic rings. The fourth-order valence-corrected chi connectivity index (χ4v) is 3.49. The lowest BCUT2D eigenvalue weighted by Gasteiger charge is -2.31. The average Bonchev–Trinajstić information content (AvgIpc) is 2.84. The number of hydrogen-bond donors (Lipinski definition) is 3. The van der Waals surface area contributed by atoms with Crippen molar-refractivity contribution in [2.75, 3.05) is 44.2 Å². The Morgan fingerprint density at radius 2 is 1.78 bits per heavy atom. The molecule has 2 amide bonds. The molecule has 2 saturated heterocycles. The lowest BCUT2D eigenvalue weighted by Crippen LogP contribution is -3.30. The number of aliphatic hydroxyl groups excluding tert-OH is 1. The summed E-state index contributed by atoms with van der Waals surface area (Å²) in [4.78, 5) is 28.6. The molecule has 0 unspecified atom stereocenters. The van der Waals surface area contributed by atoms with Crippen molar-refractivity contribution >= 4 is 17.5 Å². The SMILES string of the molecule is O=C1C[C@H]([NH+]2CC[NH+](CCO)CC2)C(=O)N1c1ccc(F)cc1. The van der Waals surface area contributed by atoms with Gasteiger partial charge >= 0.3 is 0 Å². The highest BCUT2D eigenvalue weighted by molar-refractivity contribution is 6.21. The second-order valence-electron chi connectivity index (χ2n) is 6.18. The number of rotatable bonds is 4. The Kier molecular flexibility index (Phi) is 4.70. The number of quaternary nitrogens is 2. The molecule has 0 saturated carbocycles. The molecule has 1 atom stereocenters. The highest BCUT2D eigenvalue weighted by Gasteiger charge is 2.46. The third-order valence-electron chi connectivity index (χ3n) is 4.79. The van der Waals surface area contributed by atoms with E-state index in [2.05, 4.69) is 0 Å². The third kappa shape index (κ3) is 3.26. The molecule has 23 heavy (non-hydrogen) atoms. The molecule has 0 spiro atoms. The number of nitrogens with zero attached hydrogens (tertiary/aromatic N) is 1. The van der Waals surface area contributed by atoms with Crippen molar-refractivity contribution in [2.45, 2.75) is 12.5 Å². The Balaban J connectivity index is 1.68. The van der Waals surface area contributed by atoms with Gasteiger partial charge in [0.1, 0.15) is 38.5 Å². The molecule has 2 fully saturated rings. The lowest BCUT2D eigenvalue weighted by molar-refractivity contribution is -1.02. The van der Waals surface area contributed by atoms with Gasteiger partial charge in [-0.05, 0) is 24.3 Å². The summed E-state index contributed by atoms with van der Waals surface area (Å²) in [5, 5.41) is 8.99. The van der Waals surface area contributed by atoms with Gasteiger partial charge in [0.2, 0.25) is 5.91 Å². The number of aliphatic hydroxyl groups is 1. The quantitative estimate of drug-likeness (QED) is 0.526. The van der Waals surface area contributed by atoms with Crippen molar-refractivity contribution in [3.05, 3.63) is 30.1 Å². The zero-order valence-electron chi connectivity index (χ0n) is 12.9. The van der Waals surface area contributed by atoms with Crippen LogP contribution in [0.4, 0.5) is 10.1 Å². The number of halogens is 1. The van der Waals surface area contributed by atoms with Crippen molar-refractivity contribution < 1.29 is 28.9 Å². The van der Waals surface area contributed by atoms with Crippen molar-refractivity contribution in [3.8, 4) is 0 Å². The zero-order chi connectivity index (χ0) is 16.4. The van der Waals surface area contributed by atoms with E-state index < -0.39 is 5.82 Å². The van der Waals surface area contributed by atoms with Gasteiger partial charge < -0.3 is 14.9 Å². The van der Waals surface area contributed by atoms with E-state index in [9.17, 15) is 14.0 Å². The molecule has 124 valence electrons. The molecule has 3 N–H and O–H groups in total. The first-order valence-corrected chi connectivity index (χ1v) is 8.01. The maximum Gasteiger partial charge on any atom is 0.292 e. The molecule has 2 aliphatic rings. The Morgan fingerprint density at radius 3 is 2.39 bits per heavy atom. The minimum atomic E-state index is -0.391. The van der Waals surface area contributed by atoms with Gasteiger partial charge in [0.25, 0.3) is 5.91 Å². The number of imide groups is 1. The number of benzene rings is 1. The number of carbonyl (C=O) groups excluding carboxylic acids is 2. The minimum absolute atomic E-state index is 0.170. The zero-order valence-corrected chi connectivity index (χ0v) is 12.9. The summed E-state index contributed by atoms with van der Waals surface area (Å²) in [5.41, 5.74) is 0.438. The number of amides is 2. The predicted octanol–water partition coefficient (Wildman–Crippen LogP) is -2.77. The summed E-state index contributed by atoms with van der Waals surface area (Å²) >= 11 is 0. The fraction of sp³-hybridized carbons (Fsp3) is 0.500. The second kappa shape index (κ2) is 6.74. The van der Waals surface area contributed by atoms with Crippen LogP contribution in [0.2, 0.25) is 0 Å². The van der Waals surface area contributed by atoms with Crippen LogP contribution in [0.3, 0.4) is 0 Å². The average molecular weight is 323 g/mol. The highest BCUT2D eigenvalue weighted by atomic mass is 19.1. The molecule has 0 aromatic heterocycles. The topological polar surface area (TPSA) is 66.5 Å². The first-order chi connectivity index (χ1) is 11.1. The van der Waals surface area contributed by atoms with Gasteiger partial charge in [-0.3, -0.25) is 9.59 Å². The van der Waals surface area contributed by atoms with Gasteiger partial charge in [0, 0.05) is 0 Å². The molecule has 0 aliphatic carbocycles. The Bertz CT molecular complexity index is 585. The van der Waals surface area contributed by atoms with Crippen LogP contribution in [0.15, 0.2) is 24.3 Å². The van der Waals surface area contributed by atoms with Crippen LogP contribution in [0.1, 0.15) is 6.42 Å². The molecule has 0 bridgehead atoms. The van der Waals surface area contributed by atoms with Crippen LogP contribution in [0.25, 0.3) is 0 Å². The molecule has 3 rings (SSSR count). The first kappa shape index (κ1) is 16.0. The molecule has 0 radical (unpaired) electrons. The fourth-order valence-electron chi connectivity index (χ4n) is 3.49. The van der Waals surface area contributed by atoms with Crippen LogP contribution >= 0.6 is 0 Å². The summed E-state index contributed by atoms with van der Waals surface area (Å²) in [6.45, 7) is 4.32. The van der Waals surface area contributed by atoms with E-state index in [0.29, 0.717) is 5.69 Å². The second-order valence-corrected chi connectivity index (χ2v) is 6.18. The molecule has 7 heteroatoms. The third-order valence-corrected chi connectivity index (χ3v) is 4.79. The monoisotopic (exact) mass is 323 g/mol. The maximum atomic E-state index is 13.0. The number of hydrogen-bond acceptors (Lipinski definition) is 3. The number of anilines is 1. The number of nitrogens with one attached hydrogen (secondary N) is 2. The molecule has 2 heterocycles. The number of carbonyl (C=O) groups is 2. The summed E-state index contributed by atoms with van der Waals surface area (Å²) in [6, 6.07) is 5.10. The number of piperazine rings is 1. The molecule has 6 nitrogen and oxygen atoms in total. The summed E-state index contributed by atoms with van der Waals surface area (Å²) in [7, 11) is 0. The molecule has 1 aromatic carbocycles. The van der Waals surface area contributed by atoms with E-state index in [-0.39, 0.29) is 30.9 Å². The molecule has 2 aliphatic heterocycles. The summed E-state index contributed by atoms with van der Waals surface area (Å²) < 4.78 is 13.0. The van der Waals surface area contributed by atoms with Crippen LogP contribution in [-0.2, 0) is 9.59 Å². The van der Waals surface area contributed by atoms with Gasteiger partial charge in [0.15, 0.2) is 6.04 Å².